The second-order valence-electron chi connectivity index (χ2n) is 3.73. The van der Waals surface area contributed by atoms with Crippen molar-refractivity contribution in [2.45, 2.75) is 20.0 Å². The fourth-order valence-corrected chi connectivity index (χ4v) is 3.02. The molecule has 17 heavy (non-hydrogen) atoms. The average molecular weight is 288 g/mol. The zero-order valence-electron chi connectivity index (χ0n) is 9.37. The van der Waals surface area contributed by atoms with Crippen LogP contribution in [0.5, 0.6) is 0 Å². The lowest BCUT2D eigenvalue weighted by Crippen LogP contribution is -2.00. The largest absolute Gasteiger partial charge is 0.383 e. The van der Waals surface area contributed by atoms with Gasteiger partial charge < -0.3 is 5.11 Å². The zero-order valence-corrected chi connectivity index (χ0v) is 11.7. The number of nitrogens with zero attached hydrogens (tertiary/aromatic N) is 1. The third-order valence-corrected chi connectivity index (χ3v) is 4.42. The Morgan fingerprint density at radius 1 is 1.29 bits per heavy atom. The van der Waals surface area contributed by atoms with Gasteiger partial charge in [-0.05, 0) is 19.9 Å². The maximum atomic E-state index is 10.3. The van der Waals surface area contributed by atoms with Crippen LogP contribution in [0.4, 0.5) is 0 Å². The van der Waals surface area contributed by atoms with Crippen molar-refractivity contribution in [2.24, 2.45) is 0 Å². The van der Waals surface area contributed by atoms with E-state index in [0.29, 0.717) is 15.6 Å². The lowest BCUT2D eigenvalue weighted by Gasteiger charge is -2.12. The molecule has 0 aliphatic rings. The first-order chi connectivity index (χ1) is 8.00. The molecule has 0 saturated carbocycles. The Balaban J connectivity index is 2.47. The number of thiazole rings is 1. The number of aliphatic hydroxyl groups is 1. The van der Waals surface area contributed by atoms with Crippen molar-refractivity contribution < 1.29 is 5.11 Å². The topological polar surface area (TPSA) is 33.1 Å². The monoisotopic (exact) mass is 287 g/mol. The van der Waals surface area contributed by atoms with Crippen LogP contribution in [0.15, 0.2) is 18.2 Å². The van der Waals surface area contributed by atoms with Gasteiger partial charge >= 0.3 is 0 Å². The van der Waals surface area contributed by atoms with Crippen molar-refractivity contribution in [3.05, 3.63) is 49.4 Å². The van der Waals surface area contributed by atoms with Gasteiger partial charge in [-0.3, -0.25) is 0 Å². The Labute approximate surface area is 114 Å². The molecule has 0 spiro atoms. The maximum Gasteiger partial charge on any atom is 0.117 e. The van der Waals surface area contributed by atoms with Crippen LogP contribution < -0.4 is 0 Å². The van der Waals surface area contributed by atoms with Gasteiger partial charge in [0.05, 0.1) is 25.6 Å². The summed E-state index contributed by atoms with van der Waals surface area (Å²) < 4.78 is 0. The Kier molecular flexibility index (Phi) is 3.73. The molecule has 0 amide bonds. The summed E-state index contributed by atoms with van der Waals surface area (Å²) in [5.41, 5.74) is 1.45. The molecule has 90 valence electrons. The van der Waals surface area contributed by atoms with Gasteiger partial charge in [0, 0.05) is 5.56 Å². The van der Waals surface area contributed by atoms with E-state index in [1.165, 1.54) is 11.3 Å². The molecule has 1 unspecified atom stereocenters. The number of aliphatic hydroxyl groups excluding tert-OH is 1. The highest BCUT2D eigenvalue weighted by Crippen LogP contribution is 2.36. The van der Waals surface area contributed by atoms with E-state index in [9.17, 15) is 5.11 Å². The van der Waals surface area contributed by atoms with E-state index in [1.807, 2.05) is 13.8 Å². The first kappa shape index (κ1) is 12.8. The molecule has 2 rings (SSSR count). The average Bonchev–Trinajstić information content (AvgIpc) is 2.61. The van der Waals surface area contributed by atoms with Gasteiger partial charge in [0.15, 0.2) is 0 Å². The van der Waals surface area contributed by atoms with Crippen LogP contribution in [0.2, 0.25) is 10.0 Å². The highest BCUT2D eigenvalue weighted by molar-refractivity contribution is 7.11. The molecule has 0 aliphatic heterocycles. The number of halogens is 2. The second-order valence-corrected chi connectivity index (χ2v) is 5.75. The van der Waals surface area contributed by atoms with Gasteiger partial charge in [-0.1, -0.05) is 35.3 Å². The Morgan fingerprint density at radius 3 is 2.59 bits per heavy atom. The van der Waals surface area contributed by atoms with Crippen LogP contribution in [0, 0.1) is 13.8 Å². The van der Waals surface area contributed by atoms with Crippen molar-refractivity contribution in [1.82, 2.24) is 4.98 Å². The van der Waals surface area contributed by atoms with Crippen molar-refractivity contribution >= 4 is 34.5 Å². The molecule has 1 aromatic carbocycles. The van der Waals surface area contributed by atoms with Crippen LogP contribution >= 0.6 is 34.5 Å². The molecule has 0 fully saturated rings. The molecule has 1 N–H and O–H groups in total. The Bertz CT molecular complexity index is 553. The SMILES string of the molecule is Cc1nc(C)c(C(O)c2cccc(Cl)c2Cl)s1. The van der Waals surface area contributed by atoms with Gasteiger partial charge in [0.1, 0.15) is 6.10 Å². The lowest BCUT2D eigenvalue weighted by molar-refractivity contribution is 0.223. The quantitative estimate of drug-likeness (QED) is 0.900. The van der Waals surface area contributed by atoms with Gasteiger partial charge in [-0.15, -0.1) is 11.3 Å². The number of hydrogen-bond acceptors (Lipinski definition) is 3. The van der Waals surface area contributed by atoms with Crippen LogP contribution in [-0.2, 0) is 0 Å². The molecule has 1 heterocycles. The molecule has 0 radical (unpaired) electrons. The highest BCUT2D eigenvalue weighted by atomic mass is 35.5. The molecule has 2 nitrogen and oxygen atoms in total. The molecule has 0 aliphatic carbocycles. The van der Waals surface area contributed by atoms with E-state index < -0.39 is 6.10 Å². The molecular weight excluding hydrogens is 277 g/mol. The van der Waals surface area contributed by atoms with Crippen molar-refractivity contribution in [1.29, 1.82) is 0 Å². The predicted molar refractivity (Wildman–Crippen MR) is 72.1 cm³/mol. The van der Waals surface area contributed by atoms with Crippen molar-refractivity contribution in [3.8, 4) is 0 Å². The zero-order chi connectivity index (χ0) is 12.6. The number of aromatic nitrogens is 1. The number of hydrogen-bond donors (Lipinski definition) is 1. The molecule has 0 bridgehead atoms. The van der Waals surface area contributed by atoms with Crippen LogP contribution in [0.3, 0.4) is 0 Å². The minimum absolute atomic E-state index is 0.395. The predicted octanol–water partition coefficient (Wildman–Crippen LogP) is 4.15. The summed E-state index contributed by atoms with van der Waals surface area (Å²) in [4.78, 5) is 5.10. The molecular formula is C12H11Cl2NOS. The molecule has 2 aromatic rings. The molecule has 1 atom stereocenters. The highest BCUT2D eigenvalue weighted by Gasteiger charge is 2.20. The van der Waals surface area contributed by atoms with E-state index in [4.69, 9.17) is 23.2 Å². The maximum absolute atomic E-state index is 10.3. The standard InChI is InChI=1S/C12H11Cl2NOS/c1-6-12(17-7(2)15-6)11(16)8-4-3-5-9(13)10(8)14/h3-5,11,16H,1-2H3. The third kappa shape index (κ3) is 2.47. The molecule has 1 aromatic heterocycles. The molecule has 0 saturated heterocycles. The van der Waals surface area contributed by atoms with Crippen molar-refractivity contribution in [3.63, 3.8) is 0 Å². The van der Waals surface area contributed by atoms with Gasteiger partial charge in [-0.25, -0.2) is 4.98 Å². The van der Waals surface area contributed by atoms with Gasteiger partial charge in [0.2, 0.25) is 0 Å². The van der Waals surface area contributed by atoms with E-state index >= 15 is 0 Å². The minimum Gasteiger partial charge on any atom is -0.383 e. The van der Waals surface area contributed by atoms with Gasteiger partial charge in [-0.2, -0.15) is 0 Å². The summed E-state index contributed by atoms with van der Waals surface area (Å²) in [7, 11) is 0. The first-order valence-corrected chi connectivity index (χ1v) is 6.64. The fourth-order valence-electron chi connectivity index (χ4n) is 1.67. The smallest absolute Gasteiger partial charge is 0.117 e. The summed E-state index contributed by atoms with van der Waals surface area (Å²) in [6.45, 7) is 3.79. The Hall–Kier alpha value is -0.610. The first-order valence-electron chi connectivity index (χ1n) is 5.06. The summed E-state index contributed by atoms with van der Waals surface area (Å²) in [6, 6.07) is 5.24. The van der Waals surface area contributed by atoms with E-state index in [-0.39, 0.29) is 0 Å². The number of aryl methyl sites for hydroxylation is 2. The lowest BCUT2D eigenvalue weighted by atomic mass is 10.1. The summed E-state index contributed by atoms with van der Waals surface area (Å²) in [5.74, 6) is 0. The normalized spacial score (nSPS) is 12.8. The second kappa shape index (κ2) is 4.94. The van der Waals surface area contributed by atoms with E-state index in [1.54, 1.807) is 18.2 Å². The summed E-state index contributed by atoms with van der Waals surface area (Å²) in [5, 5.41) is 12.1. The van der Waals surface area contributed by atoms with Crippen molar-refractivity contribution in [2.75, 3.05) is 0 Å². The fraction of sp³-hybridized carbons (Fsp3) is 0.250. The van der Waals surface area contributed by atoms with E-state index in [2.05, 4.69) is 4.98 Å². The summed E-state index contributed by atoms with van der Waals surface area (Å²) >= 11 is 13.5. The van der Waals surface area contributed by atoms with Gasteiger partial charge in [0.25, 0.3) is 0 Å². The van der Waals surface area contributed by atoms with Crippen LogP contribution in [0.25, 0.3) is 0 Å². The minimum atomic E-state index is -0.771. The Morgan fingerprint density at radius 2 is 2.00 bits per heavy atom. The summed E-state index contributed by atoms with van der Waals surface area (Å²) in [6.07, 6.45) is -0.771. The van der Waals surface area contributed by atoms with Crippen LogP contribution in [-0.4, -0.2) is 10.1 Å². The van der Waals surface area contributed by atoms with E-state index in [0.717, 1.165) is 15.6 Å². The third-order valence-electron chi connectivity index (χ3n) is 2.46. The number of rotatable bonds is 2. The number of benzene rings is 1. The van der Waals surface area contributed by atoms with Crippen LogP contribution in [0.1, 0.15) is 27.2 Å². The molecule has 5 heteroatoms.